The van der Waals surface area contributed by atoms with Gasteiger partial charge in [-0.1, -0.05) is 0 Å². The van der Waals surface area contributed by atoms with Gasteiger partial charge in [0.15, 0.2) is 5.57 Å². The van der Waals surface area contributed by atoms with Crippen LogP contribution in [0.5, 0.6) is 0 Å². The van der Waals surface area contributed by atoms with E-state index < -0.39 is 34.5 Å². The first-order valence-electron chi connectivity index (χ1n) is 5.02. The summed E-state index contributed by atoms with van der Waals surface area (Å²) in [5.74, 6) is -1.21. The van der Waals surface area contributed by atoms with E-state index in [0.717, 1.165) is 0 Å². The second-order valence-electron chi connectivity index (χ2n) is 3.53. The zero-order valence-corrected chi connectivity index (χ0v) is 11.5. The van der Waals surface area contributed by atoms with Crippen LogP contribution in [0.2, 0.25) is 0 Å². The number of hydrogen-bond acceptors (Lipinski definition) is 4. The van der Waals surface area contributed by atoms with E-state index in [1.807, 2.05) is 0 Å². The Bertz CT molecular complexity index is 716. The minimum Gasteiger partial charge on any atom is -0.344 e. The first kappa shape index (κ1) is 16.5. The lowest BCUT2D eigenvalue weighted by Gasteiger charge is -2.12. The van der Waals surface area contributed by atoms with Crippen molar-refractivity contribution in [3.05, 3.63) is 39.3 Å². The van der Waals surface area contributed by atoms with Crippen LogP contribution in [0.15, 0.2) is 27.9 Å². The molecule has 21 heavy (non-hydrogen) atoms. The summed E-state index contributed by atoms with van der Waals surface area (Å²) < 4.78 is 50.9. The number of nitrogens with zero attached hydrogens (tertiary/aromatic N) is 3. The van der Waals surface area contributed by atoms with E-state index in [4.69, 9.17) is 15.8 Å². The zero-order chi connectivity index (χ0) is 16.2. The highest BCUT2D eigenvalue weighted by atomic mass is 79.9. The molecule has 0 fully saturated rings. The van der Waals surface area contributed by atoms with Crippen LogP contribution in [0.1, 0.15) is 5.56 Å². The fourth-order valence-corrected chi connectivity index (χ4v) is 1.59. The molecule has 0 spiro atoms. The predicted molar refractivity (Wildman–Crippen MR) is 66.6 cm³/mol. The number of alkyl halides is 3. The number of rotatable bonds is 2. The maximum absolute atomic E-state index is 13.5. The molecule has 0 aliphatic rings. The van der Waals surface area contributed by atoms with E-state index in [1.54, 1.807) is 0 Å². The van der Waals surface area contributed by atoms with Crippen molar-refractivity contribution in [2.75, 3.05) is 5.32 Å². The summed E-state index contributed by atoms with van der Waals surface area (Å²) in [5.41, 5.74) is -2.93. The SMILES string of the molecule is N#CC(C#N)=C(C#N)Nc1cc(C(F)(F)F)cc(F)c1Br. The summed E-state index contributed by atoms with van der Waals surface area (Å²) in [6.07, 6.45) is -4.79. The van der Waals surface area contributed by atoms with Gasteiger partial charge in [0.25, 0.3) is 0 Å². The molecule has 0 aromatic heterocycles. The third-order valence-electron chi connectivity index (χ3n) is 2.20. The van der Waals surface area contributed by atoms with Gasteiger partial charge in [-0.05, 0) is 28.1 Å². The Labute approximate surface area is 124 Å². The average Bonchev–Trinajstić information content (AvgIpc) is 2.42. The Balaban J connectivity index is 3.43. The van der Waals surface area contributed by atoms with Crippen molar-refractivity contribution in [1.29, 1.82) is 15.8 Å². The normalized spacial score (nSPS) is 10.0. The fourth-order valence-electron chi connectivity index (χ4n) is 1.26. The molecule has 1 aromatic rings. The van der Waals surface area contributed by atoms with Gasteiger partial charge in [-0.25, -0.2) is 4.39 Å². The summed E-state index contributed by atoms with van der Waals surface area (Å²) in [5, 5.41) is 28.2. The van der Waals surface area contributed by atoms with E-state index >= 15 is 0 Å². The molecule has 0 aliphatic carbocycles. The average molecular weight is 359 g/mol. The molecule has 0 aliphatic heterocycles. The van der Waals surface area contributed by atoms with Crippen molar-refractivity contribution in [3.8, 4) is 18.2 Å². The van der Waals surface area contributed by atoms with Crippen LogP contribution in [0.3, 0.4) is 0 Å². The molecule has 4 nitrogen and oxygen atoms in total. The molecule has 1 rings (SSSR count). The molecule has 0 atom stereocenters. The standard InChI is InChI=1S/C12H3BrF4N4/c13-11-8(14)1-7(12(15,16)17)2-9(11)21-10(5-20)6(3-18)4-19/h1-2,21H. The monoisotopic (exact) mass is 358 g/mol. The maximum atomic E-state index is 13.5. The third-order valence-corrected chi connectivity index (χ3v) is 3.01. The molecule has 0 unspecified atom stereocenters. The van der Waals surface area contributed by atoms with Gasteiger partial charge < -0.3 is 5.32 Å². The van der Waals surface area contributed by atoms with Crippen LogP contribution in [0.4, 0.5) is 23.2 Å². The number of nitrogens with one attached hydrogen (secondary N) is 1. The predicted octanol–water partition coefficient (Wildman–Crippen LogP) is 3.84. The van der Waals surface area contributed by atoms with Gasteiger partial charge in [-0.2, -0.15) is 29.0 Å². The Morgan fingerprint density at radius 2 is 1.67 bits per heavy atom. The van der Waals surface area contributed by atoms with Crippen LogP contribution >= 0.6 is 15.9 Å². The van der Waals surface area contributed by atoms with Crippen LogP contribution in [0.25, 0.3) is 0 Å². The van der Waals surface area contributed by atoms with Crippen molar-refractivity contribution < 1.29 is 17.6 Å². The number of allylic oxidation sites excluding steroid dienone is 2. The minimum absolute atomic E-state index is 0.278. The summed E-state index contributed by atoms with van der Waals surface area (Å²) in [7, 11) is 0. The van der Waals surface area contributed by atoms with Gasteiger partial charge in [0.1, 0.15) is 29.7 Å². The molecule has 1 aromatic carbocycles. The van der Waals surface area contributed by atoms with Crippen molar-refractivity contribution in [1.82, 2.24) is 0 Å². The molecule has 0 radical (unpaired) electrons. The fraction of sp³-hybridized carbons (Fsp3) is 0.0833. The maximum Gasteiger partial charge on any atom is 0.416 e. The molecule has 0 saturated carbocycles. The molecule has 106 valence electrons. The Morgan fingerprint density at radius 3 is 2.10 bits per heavy atom. The first-order valence-corrected chi connectivity index (χ1v) is 5.81. The van der Waals surface area contributed by atoms with Gasteiger partial charge in [0.05, 0.1) is 15.7 Å². The number of halogens is 5. The lowest BCUT2D eigenvalue weighted by molar-refractivity contribution is -0.137. The molecule has 9 heteroatoms. The largest absolute Gasteiger partial charge is 0.416 e. The third kappa shape index (κ3) is 3.71. The molecule has 0 saturated heterocycles. The highest BCUT2D eigenvalue weighted by Gasteiger charge is 2.32. The van der Waals surface area contributed by atoms with Crippen molar-refractivity contribution in [2.24, 2.45) is 0 Å². The van der Waals surface area contributed by atoms with Crippen LogP contribution in [-0.2, 0) is 6.18 Å². The summed E-state index contributed by atoms with van der Waals surface area (Å²) in [6.45, 7) is 0. The Morgan fingerprint density at radius 1 is 1.10 bits per heavy atom. The molecular weight excluding hydrogens is 356 g/mol. The van der Waals surface area contributed by atoms with E-state index in [1.165, 1.54) is 18.2 Å². The molecule has 1 N–H and O–H groups in total. The van der Waals surface area contributed by atoms with Gasteiger partial charge >= 0.3 is 6.18 Å². The first-order chi connectivity index (χ1) is 9.74. The number of anilines is 1. The zero-order valence-electron chi connectivity index (χ0n) is 9.89. The van der Waals surface area contributed by atoms with Crippen LogP contribution in [0, 0.1) is 39.8 Å². The topological polar surface area (TPSA) is 83.4 Å². The number of hydrogen-bond donors (Lipinski definition) is 1. The minimum atomic E-state index is -4.79. The lowest BCUT2D eigenvalue weighted by Crippen LogP contribution is -2.08. The number of benzene rings is 1. The van der Waals surface area contributed by atoms with Crippen LogP contribution < -0.4 is 5.32 Å². The Hall–Kier alpha value is -2.57. The van der Waals surface area contributed by atoms with E-state index in [2.05, 4.69) is 21.2 Å². The second kappa shape index (κ2) is 6.25. The van der Waals surface area contributed by atoms with Crippen molar-refractivity contribution >= 4 is 21.6 Å². The van der Waals surface area contributed by atoms with Gasteiger partial charge in [-0.15, -0.1) is 0 Å². The van der Waals surface area contributed by atoms with Gasteiger partial charge in [0.2, 0.25) is 0 Å². The van der Waals surface area contributed by atoms with Crippen molar-refractivity contribution in [2.45, 2.75) is 6.18 Å². The molecule has 0 bridgehead atoms. The smallest absolute Gasteiger partial charge is 0.344 e. The van der Waals surface area contributed by atoms with E-state index in [-0.39, 0.29) is 10.5 Å². The Kier molecular flexibility index (Phi) is 4.91. The summed E-state index contributed by atoms with van der Waals surface area (Å²) in [6, 6.07) is 5.10. The number of nitriles is 3. The highest BCUT2D eigenvalue weighted by molar-refractivity contribution is 9.10. The van der Waals surface area contributed by atoms with Gasteiger partial charge in [0, 0.05) is 0 Å². The molecular formula is C12H3BrF4N4. The summed E-state index contributed by atoms with van der Waals surface area (Å²) >= 11 is 2.73. The van der Waals surface area contributed by atoms with Crippen LogP contribution in [-0.4, -0.2) is 0 Å². The lowest BCUT2D eigenvalue weighted by atomic mass is 10.1. The highest BCUT2D eigenvalue weighted by Crippen LogP contribution is 2.36. The van der Waals surface area contributed by atoms with Gasteiger partial charge in [-0.3, -0.25) is 0 Å². The molecule has 0 amide bonds. The molecule has 0 heterocycles. The quantitative estimate of drug-likeness (QED) is 0.642. The van der Waals surface area contributed by atoms with Crippen molar-refractivity contribution in [3.63, 3.8) is 0 Å². The van der Waals surface area contributed by atoms with E-state index in [0.29, 0.717) is 6.07 Å². The van der Waals surface area contributed by atoms with E-state index in [9.17, 15) is 17.6 Å². The second-order valence-corrected chi connectivity index (χ2v) is 4.32. The summed E-state index contributed by atoms with van der Waals surface area (Å²) in [4.78, 5) is 0.